The molecule has 0 aliphatic carbocycles. The van der Waals surface area contributed by atoms with E-state index in [-0.39, 0.29) is 6.54 Å². The van der Waals surface area contributed by atoms with E-state index in [1.54, 1.807) is 23.9 Å². The third kappa shape index (κ3) is 5.43. The van der Waals surface area contributed by atoms with Crippen LogP contribution < -0.4 is 11.2 Å². The first kappa shape index (κ1) is 26.6. The van der Waals surface area contributed by atoms with E-state index in [0.29, 0.717) is 5.69 Å². The maximum absolute atomic E-state index is 13.2. The van der Waals surface area contributed by atoms with E-state index in [1.165, 1.54) is 0 Å². The van der Waals surface area contributed by atoms with Crippen LogP contribution in [0.3, 0.4) is 0 Å². The fraction of sp³-hybridized carbons (Fsp3) is 0.389. The number of benzene rings is 1. The summed E-state index contributed by atoms with van der Waals surface area (Å²) >= 11 is 0. The number of phosphoric acid groups is 2. The van der Waals surface area contributed by atoms with Crippen LogP contribution in [0.5, 0.6) is 0 Å². The van der Waals surface area contributed by atoms with E-state index in [2.05, 4.69) is 13.9 Å². The number of rotatable bonds is 8. The average molecular weight is 548 g/mol. The second kappa shape index (κ2) is 9.76. The number of ether oxygens (including phenoxy) is 1. The molecular weight excluding hydrogens is 526 g/mol. The molecule has 0 radical (unpaired) electrons. The maximum atomic E-state index is 13.2. The molecule has 4 rings (SSSR count). The lowest BCUT2D eigenvalue weighted by atomic mass is 10.1. The molecule has 16 nitrogen and oxygen atoms in total. The third-order valence-corrected chi connectivity index (χ3v) is 7.61. The highest BCUT2D eigenvalue weighted by molar-refractivity contribution is 7.60. The molecule has 5 atom stereocenters. The first-order valence-electron chi connectivity index (χ1n) is 10.3. The van der Waals surface area contributed by atoms with E-state index in [0.717, 1.165) is 32.3 Å². The van der Waals surface area contributed by atoms with Gasteiger partial charge in [0.05, 0.1) is 24.4 Å². The Hall–Kier alpha value is -2.49. The van der Waals surface area contributed by atoms with E-state index < -0.39 is 58.0 Å². The zero-order valence-corrected chi connectivity index (χ0v) is 20.3. The Labute approximate surface area is 201 Å². The topological polar surface area (TPSA) is 225 Å². The molecule has 196 valence electrons. The van der Waals surface area contributed by atoms with Gasteiger partial charge in [-0.05, 0) is 6.07 Å². The highest BCUT2D eigenvalue weighted by Gasteiger charge is 2.46. The summed E-state index contributed by atoms with van der Waals surface area (Å²) in [6.45, 7) is -1.14. The zero-order valence-electron chi connectivity index (χ0n) is 18.5. The number of hydrogen-bond donors (Lipinski definition) is 5. The van der Waals surface area contributed by atoms with Gasteiger partial charge in [-0.15, -0.1) is 0 Å². The summed E-state index contributed by atoms with van der Waals surface area (Å²) in [7, 11) is -8.91. The molecule has 36 heavy (non-hydrogen) atoms. The van der Waals surface area contributed by atoms with Crippen LogP contribution in [0.2, 0.25) is 0 Å². The molecule has 1 aromatic carbocycles. The van der Waals surface area contributed by atoms with Crippen LogP contribution in [-0.2, 0) is 36.3 Å². The lowest BCUT2D eigenvalue weighted by Gasteiger charge is -2.19. The Balaban J connectivity index is 1.58. The van der Waals surface area contributed by atoms with E-state index in [4.69, 9.17) is 14.5 Å². The van der Waals surface area contributed by atoms with E-state index in [9.17, 15) is 33.8 Å². The zero-order chi connectivity index (χ0) is 26.4. The SMILES string of the molecule is Cn1nc(Cn2c(=O)ccn([C@@H]3O[C@H](COP(=O)(O)OP(=O)(O)O)C(O)[C@@H]3O)c2=O)c2ccccc21. The van der Waals surface area contributed by atoms with Gasteiger partial charge in [-0.1, -0.05) is 18.2 Å². The van der Waals surface area contributed by atoms with Gasteiger partial charge in [0.1, 0.15) is 18.3 Å². The van der Waals surface area contributed by atoms with Crippen LogP contribution in [0.25, 0.3) is 10.9 Å². The minimum Gasteiger partial charge on any atom is -0.387 e. The molecule has 1 saturated heterocycles. The van der Waals surface area contributed by atoms with Crippen LogP contribution >= 0.6 is 15.6 Å². The predicted molar refractivity (Wildman–Crippen MR) is 120 cm³/mol. The monoisotopic (exact) mass is 548 g/mol. The Morgan fingerprint density at radius 3 is 2.47 bits per heavy atom. The van der Waals surface area contributed by atoms with Crippen molar-refractivity contribution in [2.24, 2.45) is 7.05 Å². The average Bonchev–Trinajstić information content (AvgIpc) is 3.25. The molecule has 2 aromatic heterocycles. The van der Waals surface area contributed by atoms with Crippen molar-refractivity contribution < 1.29 is 47.6 Å². The van der Waals surface area contributed by atoms with Crippen LogP contribution in [0, 0.1) is 0 Å². The standard InChI is InChI=1S/C18H22N4O12P2/c1-20-12-5-3-2-4-10(12)11(19-20)8-22-14(23)6-7-21(18(22)26)17-16(25)15(24)13(33-17)9-32-36(30,31)34-35(27,28)29/h2-7,13,15-17,24-25H,8-9H2,1H3,(H,30,31)(H2,27,28,29)/t13-,15?,16+,17-/m1/s1. The second-order valence-corrected chi connectivity index (χ2v) is 10.7. The van der Waals surface area contributed by atoms with Crippen molar-refractivity contribution >= 4 is 26.5 Å². The van der Waals surface area contributed by atoms with Gasteiger partial charge in [-0.3, -0.25) is 23.1 Å². The van der Waals surface area contributed by atoms with Gasteiger partial charge < -0.3 is 29.6 Å². The van der Waals surface area contributed by atoms with Gasteiger partial charge >= 0.3 is 21.3 Å². The first-order valence-corrected chi connectivity index (χ1v) is 13.3. The highest BCUT2D eigenvalue weighted by atomic mass is 31.3. The number of hydrogen-bond acceptors (Lipinski definition) is 10. The van der Waals surface area contributed by atoms with Crippen molar-refractivity contribution in [3.8, 4) is 0 Å². The summed E-state index contributed by atoms with van der Waals surface area (Å²) in [5.41, 5.74) is -0.336. The molecular formula is C18H22N4O12P2. The van der Waals surface area contributed by atoms with Crippen LogP contribution in [0.15, 0.2) is 46.1 Å². The molecule has 0 bridgehead atoms. The lowest BCUT2D eigenvalue weighted by Crippen LogP contribution is -2.43. The molecule has 5 N–H and O–H groups in total. The van der Waals surface area contributed by atoms with Gasteiger partial charge in [-0.2, -0.15) is 9.41 Å². The molecule has 2 unspecified atom stereocenters. The van der Waals surface area contributed by atoms with Crippen molar-refractivity contribution in [3.63, 3.8) is 0 Å². The Morgan fingerprint density at radius 2 is 1.78 bits per heavy atom. The molecule has 1 aliphatic heterocycles. The fourth-order valence-electron chi connectivity index (χ4n) is 3.85. The van der Waals surface area contributed by atoms with Gasteiger partial charge in [0.2, 0.25) is 0 Å². The Bertz CT molecular complexity index is 1490. The van der Waals surface area contributed by atoms with Crippen molar-refractivity contribution in [1.82, 2.24) is 18.9 Å². The number of aliphatic hydroxyl groups is 2. The number of phosphoric ester groups is 1. The summed E-state index contributed by atoms with van der Waals surface area (Å²) in [5, 5.41) is 25.8. The number of fused-ring (bicyclic) bond motifs is 1. The number of para-hydroxylation sites is 1. The van der Waals surface area contributed by atoms with Gasteiger partial charge in [-0.25, -0.2) is 13.9 Å². The second-order valence-electron chi connectivity index (χ2n) is 7.90. The van der Waals surface area contributed by atoms with Crippen LogP contribution in [-0.4, -0.2) is 68.7 Å². The maximum Gasteiger partial charge on any atom is 0.481 e. The number of aryl methyl sites for hydroxylation is 1. The fourth-order valence-corrected chi connectivity index (χ4v) is 5.45. The minimum absolute atomic E-state index is 0.203. The largest absolute Gasteiger partial charge is 0.481 e. The predicted octanol–water partition coefficient (Wildman–Crippen LogP) is -1.21. The molecule has 1 aliphatic rings. The normalized spacial score (nSPS) is 24.3. The molecule has 0 amide bonds. The van der Waals surface area contributed by atoms with Crippen molar-refractivity contribution in [3.05, 3.63) is 63.1 Å². The smallest absolute Gasteiger partial charge is 0.387 e. The van der Waals surface area contributed by atoms with Crippen molar-refractivity contribution in [1.29, 1.82) is 0 Å². The van der Waals surface area contributed by atoms with Gasteiger partial charge in [0, 0.05) is 24.7 Å². The van der Waals surface area contributed by atoms with Gasteiger partial charge in [0.15, 0.2) is 6.23 Å². The van der Waals surface area contributed by atoms with E-state index in [1.807, 2.05) is 12.1 Å². The molecule has 0 saturated carbocycles. The summed E-state index contributed by atoms with van der Waals surface area (Å²) in [5.74, 6) is 0. The molecule has 18 heteroatoms. The highest BCUT2D eigenvalue weighted by Crippen LogP contribution is 2.57. The molecule has 1 fully saturated rings. The quantitative estimate of drug-likeness (QED) is 0.209. The molecule has 3 heterocycles. The molecule has 0 spiro atoms. The van der Waals surface area contributed by atoms with Gasteiger partial charge in [0.25, 0.3) is 5.56 Å². The van der Waals surface area contributed by atoms with E-state index >= 15 is 0 Å². The van der Waals surface area contributed by atoms with Crippen molar-refractivity contribution in [2.75, 3.05) is 6.61 Å². The number of aliphatic hydroxyl groups excluding tert-OH is 2. The summed E-state index contributed by atoms with van der Waals surface area (Å²) < 4.78 is 39.2. The Kier molecular flexibility index (Phi) is 7.20. The minimum atomic E-state index is -5.37. The number of nitrogens with zero attached hydrogens (tertiary/aromatic N) is 4. The first-order chi connectivity index (χ1) is 16.8. The lowest BCUT2D eigenvalue weighted by molar-refractivity contribution is -0.0547. The van der Waals surface area contributed by atoms with Crippen LogP contribution in [0.1, 0.15) is 11.9 Å². The summed E-state index contributed by atoms with van der Waals surface area (Å²) in [6, 6.07) is 8.25. The third-order valence-electron chi connectivity index (χ3n) is 5.46. The summed E-state index contributed by atoms with van der Waals surface area (Å²) in [6.07, 6.45) is -5.46. The van der Waals surface area contributed by atoms with Crippen LogP contribution in [0.4, 0.5) is 0 Å². The summed E-state index contributed by atoms with van der Waals surface area (Å²) in [4.78, 5) is 52.4. The van der Waals surface area contributed by atoms with Crippen molar-refractivity contribution in [2.45, 2.75) is 31.1 Å². The molecule has 3 aromatic rings. The Morgan fingerprint density at radius 1 is 1.08 bits per heavy atom. The number of aromatic nitrogens is 4.